The monoisotopic (exact) mass is 154 g/mol. The molecule has 1 aliphatic heterocycles. The van der Waals surface area contributed by atoms with Crippen molar-refractivity contribution in [3.05, 3.63) is 0 Å². The van der Waals surface area contributed by atoms with Gasteiger partial charge >= 0.3 is 0 Å². The summed E-state index contributed by atoms with van der Waals surface area (Å²) in [4.78, 5) is 11.4. The van der Waals surface area contributed by atoms with Gasteiger partial charge in [0.25, 0.3) is 0 Å². The number of hydrogen-bond acceptors (Lipinski definition) is 3. The molecule has 0 fully saturated rings. The SMILES string of the molecule is CC(C)C(=O)C1NN=CC1C. The molecule has 0 amide bonds. The number of rotatable bonds is 2. The molecule has 0 aromatic heterocycles. The van der Waals surface area contributed by atoms with Crippen molar-refractivity contribution in [3.63, 3.8) is 0 Å². The molecule has 62 valence electrons. The van der Waals surface area contributed by atoms with Gasteiger partial charge in [-0.1, -0.05) is 20.8 Å². The molecule has 0 aromatic rings. The number of ketones is 1. The van der Waals surface area contributed by atoms with Gasteiger partial charge in [-0.2, -0.15) is 5.10 Å². The highest BCUT2D eigenvalue weighted by atomic mass is 16.1. The third-order valence-electron chi connectivity index (χ3n) is 1.92. The molecule has 0 aromatic carbocycles. The number of nitrogens with zero attached hydrogens (tertiary/aromatic N) is 1. The number of carbonyl (C=O) groups excluding carboxylic acids is 1. The Kier molecular flexibility index (Phi) is 2.27. The van der Waals surface area contributed by atoms with Crippen LogP contribution in [-0.4, -0.2) is 18.0 Å². The Morgan fingerprint density at radius 2 is 2.27 bits per heavy atom. The van der Waals surface area contributed by atoms with Crippen LogP contribution in [0.3, 0.4) is 0 Å². The zero-order valence-corrected chi connectivity index (χ0v) is 7.16. The van der Waals surface area contributed by atoms with Gasteiger partial charge in [-0.05, 0) is 0 Å². The third kappa shape index (κ3) is 1.59. The molecule has 3 heteroatoms. The summed E-state index contributed by atoms with van der Waals surface area (Å²) in [5.41, 5.74) is 2.81. The molecule has 2 atom stereocenters. The number of hydrogen-bond donors (Lipinski definition) is 1. The first-order chi connectivity index (χ1) is 5.13. The van der Waals surface area contributed by atoms with Crippen molar-refractivity contribution >= 4 is 12.0 Å². The summed E-state index contributed by atoms with van der Waals surface area (Å²) in [6, 6.07) is -0.0880. The number of carbonyl (C=O) groups is 1. The van der Waals surface area contributed by atoms with Crippen LogP contribution in [-0.2, 0) is 4.79 Å². The van der Waals surface area contributed by atoms with E-state index in [-0.39, 0.29) is 23.7 Å². The fraction of sp³-hybridized carbons (Fsp3) is 0.750. The molecule has 0 saturated heterocycles. The second kappa shape index (κ2) is 3.03. The Balaban J connectivity index is 2.56. The molecule has 0 spiro atoms. The average molecular weight is 154 g/mol. The van der Waals surface area contributed by atoms with Crippen LogP contribution in [0.4, 0.5) is 0 Å². The Hall–Kier alpha value is -0.860. The van der Waals surface area contributed by atoms with E-state index >= 15 is 0 Å². The lowest BCUT2D eigenvalue weighted by Gasteiger charge is -2.14. The second-order valence-corrected chi connectivity index (χ2v) is 3.30. The van der Waals surface area contributed by atoms with Crippen LogP contribution < -0.4 is 5.43 Å². The van der Waals surface area contributed by atoms with Gasteiger partial charge in [0.05, 0.1) is 0 Å². The zero-order valence-electron chi connectivity index (χ0n) is 7.16. The highest BCUT2D eigenvalue weighted by molar-refractivity contribution is 5.90. The van der Waals surface area contributed by atoms with E-state index in [4.69, 9.17) is 0 Å². The number of nitrogens with one attached hydrogen (secondary N) is 1. The van der Waals surface area contributed by atoms with Crippen molar-refractivity contribution in [2.75, 3.05) is 0 Å². The Labute approximate surface area is 66.9 Å². The summed E-state index contributed by atoms with van der Waals surface area (Å²) in [5.74, 6) is 0.580. The maximum atomic E-state index is 11.4. The molecule has 0 radical (unpaired) electrons. The largest absolute Gasteiger partial charge is 0.299 e. The van der Waals surface area contributed by atoms with Crippen molar-refractivity contribution in [2.24, 2.45) is 16.9 Å². The first-order valence-corrected chi connectivity index (χ1v) is 3.95. The topological polar surface area (TPSA) is 41.5 Å². The van der Waals surface area contributed by atoms with E-state index in [1.807, 2.05) is 20.8 Å². The van der Waals surface area contributed by atoms with Crippen LogP contribution in [0.15, 0.2) is 5.10 Å². The molecule has 0 bridgehead atoms. The van der Waals surface area contributed by atoms with Gasteiger partial charge in [-0.3, -0.25) is 10.2 Å². The van der Waals surface area contributed by atoms with Crippen LogP contribution in [0.1, 0.15) is 20.8 Å². The molecular weight excluding hydrogens is 140 g/mol. The predicted molar refractivity (Wildman–Crippen MR) is 44.4 cm³/mol. The Morgan fingerprint density at radius 3 is 2.64 bits per heavy atom. The van der Waals surface area contributed by atoms with Gasteiger partial charge < -0.3 is 0 Å². The maximum Gasteiger partial charge on any atom is 0.159 e. The first-order valence-electron chi connectivity index (χ1n) is 3.95. The van der Waals surface area contributed by atoms with Crippen LogP contribution in [0.25, 0.3) is 0 Å². The maximum absolute atomic E-state index is 11.4. The standard InChI is InChI=1S/C8H14N2O/c1-5(2)8(11)7-6(3)4-9-10-7/h4-7,10H,1-3H3. The van der Waals surface area contributed by atoms with Crippen molar-refractivity contribution in [3.8, 4) is 0 Å². The minimum atomic E-state index is -0.0880. The molecule has 0 aliphatic carbocycles. The van der Waals surface area contributed by atoms with Gasteiger partial charge in [-0.15, -0.1) is 0 Å². The van der Waals surface area contributed by atoms with E-state index in [0.29, 0.717) is 0 Å². The van der Waals surface area contributed by atoms with Gasteiger partial charge in [-0.25, -0.2) is 0 Å². The van der Waals surface area contributed by atoms with Gasteiger partial charge in [0.1, 0.15) is 6.04 Å². The van der Waals surface area contributed by atoms with E-state index < -0.39 is 0 Å². The number of Topliss-reactive ketones (excluding diaryl/α,β-unsaturated/α-hetero) is 1. The normalized spacial score (nSPS) is 29.1. The highest BCUT2D eigenvalue weighted by Gasteiger charge is 2.28. The summed E-state index contributed by atoms with van der Waals surface area (Å²) in [6.07, 6.45) is 1.78. The van der Waals surface area contributed by atoms with Crippen LogP contribution >= 0.6 is 0 Å². The lowest BCUT2D eigenvalue weighted by atomic mass is 9.94. The predicted octanol–water partition coefficient (Wildman–Crippen LogP) is 0.805. The first kappa shape index (κ1) is 8.24. The van der Waals surface area contributed by atoms with E-state index in [0.717, 1.165) is 0 Å². The molecule has 1 aliphatic rings. The van der Waals surface area contributed by atoms with E-state index in [2.05, 4.69) is 10.5 Å². The lowest BCUT2D eigenvalue weighted by Crippen LogP contribution is -2.37. The van der Waals surface area contributed by atoms with Gasteiger partial charge in [0.15, 0.2) is 5.78 Å². The van der Waals surface area contributed by atoms with Gasteiger partial charge in [0.2, 0.25) is 0 Å². The summed E-state index contributed by atoms with van der Waals surface area (Å²) < 4.78 is 0. The molecule has 1 heterocycles. The average Bonchev–Trinajstić information content (AvgIpc) is 2.33. The molecular formula is C8H14N2O. The Morgan fingerprint density at radius 1 is 1.64 bits per heavy atom. The van der Waals surface area contributed by atoms with Crippen molar-refractivity contribution in [2.45, 2.75) is 26.8 Å². The molecule has 11 heavy (non-hydrogen) atoms. The summed E-state index contributed by atoms with van der Waals surface area (Å²) in [6.45, 7) is 5.82. The smallest absolute Gasteiger partial charge is 0.159 e. The highest BCUT2D eigenvalue weighted by Crippen LogP contribution is 2.11. The summed E-state index contributed by atoms with van der Waals surface area (Å²) in [7, 11) is 0. The second-order valence-electron chi connectivity index (χ2n) is 3.30. The molecule has 1 rings (SSSR count). The molecule has 1 N–H and O–H groups in total. The van der Waals surface area contributed by atoms with Crippen molar-refractivity contribution in [1.29, 1.82) is 0 Å². The summed E-state index contributed by atoms with van der Waals surface area (Å²) in [5, 5.41) is 3.85. The molecule has 2 unspecified atom stereocenters. The van der Waals surface area contributed by atoms with E-state index in [1.165, 1.54) is 0 Å². The third-order valence-corrected chi connectivity index (χ3v) is 1.92. The summed E-state index contributed by atoms with van der Waals surface area (Å²) >= 11 is 0. The van der Waals surface area contributed by atoms with Crippen molar-refractivity contribution < 1.29 is 4.79 Å². The minimum absolute atomic E-state index is 0.0880. The Bertz CT molecular complexity index is 187. The van der Waals surface area contributed by atoms with Crippen molar-refractivity contribution in [1.82, 2.24) is 5.43 Å². The lowest BCUT2D eigenvalue weighted by molar-refractivity contribution is -0.124. The fourth-order valence-electron chi connectivity index (χ4n) is 1.13. The molecule has 0 saturated carbocycles. The molecule has 3 nitrogen and oxygen atoms in total. The quantitative estimate of drug-likeness (QED) is 0.639. The van der Waals surface area contributed by atoms with E-state index in [9.17, 15) is 4.79 Å². The zero-order chi connectivity index (χ0) is 8.43. The van der Waals surface area contributed by atoms with E-state index in [1.54, 1.807) is 6.21 Å². The van der Waals surface area contributed by atoms with Gasteiger partial charge in [0, 0.05) is 18.1 Å². The minimum Gasteiger partial charge on any atom is -0.299 e. The van der Waals surface area contributed by atoms with Crippen LogP contribution in [0.5, 0.6) is 0 Å². The van der Waals surface area contributed by atoms with Crippen LogP contribution in [0, 0.1) is 11.8 Å². The number of hydrazone groups is 1. The van der Waals surface area contributed by atoms with Crippen LogP contribution in [0.2, 0.25) is 0 Å². The fourth-order valence-corrected chi connectivity index (χ4v) is 1.13.